The van der Waals surface area contributed by atoms with E-state index in [-0.39, 0.29) is 0 Å². The second kappa shape index (κ2) is 7.43. The summed E-state index contributed by atoms with van der Waals surface area (Å²) in [6.07, 6.45) is -7.52. The van der Waals surface area contributed by atoms with E-state index in [1.807, 2.05) is 0 Å². The molecule has 17 heteroatoms. The predicted molar refractivity (Wildman–Crippen MR) is 74.9 cm³/mol. The number of aryl methyl sites for hydroxylation is 1. The Bertz CT molecular complexity index is 875. The molecule has 0 unspecified atom stereocenters. The fourth-order valence-electron chi connectivity index (χ4n) is 1.70. The molecule has 30 heavy (non-hydrogen) atoms. The summed E-state index contributed by atoms with van der Waals surface area (Å²) >= 11 is -4.02. The van der Waals surface area contributed by atoms with Crippen molar-refractivity contribution in [1.29, 1.82) is 0 Å². The van der Waals surface area contributed by atoms with Gasteiger partial charge in [0.15, 0.2) is 0 Å². The molecule has 0 aliphatic heterocycles. The monoisotopic (exact) mass is 554 g/mol. The minimum absolute atomic E-state index is 0.332. The van der Waals surface area contributed by atoms with Crippen LogP contribution in [0.25, 0.3) is 0 Å². The first-order chi connectivity index (χ1) is 13.0. The van der Waals surface area contributed by atoms with E-state index in [1.165, 1.54) is 6.92 Å². The van der Waals surface area contributed by atoms with Gasteiger partial charge in [-0.05, 0) is 0 Å². The first-order valence-corrected chi connectivity index (χ1v) is 11.3. The summed E-state index contributed by atoms with van der Waals surface area (Å²) in [4.78, 5) is -7.75. The number of hydrogen-bond acceptors (Lipinski definition) is 2. The summed E-state index contributed by atoms with van der Waals surface area (Å²) in [5, 5.41) is 0. The molecule has 0 saturated heterocycles. The summed E-state index contributed by atoms with van der Waals surface area (Å²) in [5.74, 6) is -31.5. The van der Waals surface area contributed by atoms with Gasteiger partial charge in [-0.2, -0.15) is 0 Å². The third-order valence-electron chi connectivity index (χ3n) is 3.43. The van der Waals surface area contributed by atoms with Crippen LogP contribution in [-0.2, 0) is 8.26 Å². The first kappa shape index (κ1) is 26.8. The number of benzene rings is 1. The quantitative estimate of drug-likeness (QED) is 0.349. The van der Waals surface area contributed by atoms with Crippen molar-refractivity contribution >= 4 is 22.1 Å². The molecule has 0 aliphatic rings. The van der Waals surface area contributed by atoms with Crippen molar-refractivity contribution in [3.63, 3.8) is 0 Å². The van der Waals surface area contributed by atoms with Crippen LogP contribution in [0, 0.1) is 6.92 Å². The van der Waals surface area contributed by atoms with E-state index < -0.39 is 61.7 Å². The molecular formula is C13H7F13O2SSe. The Morgan fingerprint density at radius 3 is 1.37 bits per heavy atom. The fraction of sp³-hybridized carbons (Fsp3) is 0.538. The van der Waals surface area contributed by atoms with Crippen molar-refractivity contribution in [3.05, 3.63) is 29.8 Å². The van der Waals surface area contributed by atoms with Crippen LogP contribution in [0.2, 0.25) is 0 Å². The average Bonchev–Trinajstić information content (AvgIpc) is 2.52. The topological polar surface area (TPSA) is 34.1 Å². The third-order valence-corrected chi connectivity index (χ3v) is 9.15. The van der Waals surface area contributed by atoms with E-state index in [1.54, 1.807) is 0 Å². The normalized spacial score (nSPS) is 15.4. The van der Waals surface area contributed by atoms with Gasteiger partial charge in [0.05, 0.1) is 0 Å². The van der Waals surface area contributed by atoms with Crippen LogP contribution in [0.3, 0.4) is 0 Å². The van der Waals surface area contributed by atoms with Crippen LogP contribution < -0.4 is 0 Å². The molecule has 0 N–H and O–H groups in total. The van der Waals surface area contributed by atoms with E-state index in [9.17, 15) is 65.5 Å². The predicted octanol–water partition coefficient (Wildman–Crippen LogP) is 5.08. The molecule has 174 valence electrons. The van der Waals surface area contributed by atoms with Crippen LogP contribution >= 0.6 is 0 Å². The molecule has 1 aromatic rings. The van der Waals surface area contributed by atoms with Crippen molar-refractivity contribution in [1.82, 2.24) is 0 Å². The SMILES string of the molecule is Cc1ccc(S(=O)(=O)[Se]C(F)(F)C(F)(F)C(F)(F)C(F)(F)C(F)(F)C(F)(F)F)cc1. The molecular weight excluding hydrogens is 546 g/mol. The van der Waals surface area contributed by atoms with E-state index >= 15 is 0 Å². The zero-order valence-corrected chi connectivity index (χ0v) is 16.4. The molecule has 0 fully saturated rings. The van der Waals surface area contributed by atoms with Crippen LogP contribution in [0.15, 0.2) is 29.2 Å². The Kier molecular flexibility index (Phi) is 6.64. The molecule has 2 nitrogen and oxygen atoms in total. The summed E-state index contributed by atoms with van der Waals surface area (Å²) in [6, 6.07) is 3.08. The number of alkyl halides is 13. The number of rotatable bonds is 7. The molecule has 0 bridgehead atoms. The molecule has 1 aromatic carbocycles. The van der Waals surface area contributed by atoms with Gasteiger partial charge in [-0.15, -0.1) is 0 Å². The zero-order chi connectivity index (χ0) is 24.2. The van der Waals surface area contributed by atoms with E-state index in [2.05, 4.69) is 0 Å². The van der Waals surface area contributed by atoms with Crippen LogP contribution in [0.4, 0.5) is 57.1 Å². The Morgan fingerprint density at radius 1 is 0.633 bits per heavy atom. The van der Waals surface area contributed by atoms with Gasteiger partial charge < -0.3 is 0 Å². The van der Waals surface area contributed by atoms with Gasteiger partial charge >= 0.3 is 164 Å². The first-order valence-electron chi connectivity index (χ1n) is 6.94. The summed E-state index contributed by atoms with van der Waals surface area (Å²) < 4.78 is 193. The van der Waals surface area contributed by atoms with Gasteiger partial charge in [0, 0.05) is 0 Å². The van der Waals surface area contributed by atoms with Crippen molar-refractivity contribution in [2.75, 3.05) is 0 Å². The van der Waals surface area contributed by atoms with Gasteiger partial charge in [-0.25, -0.2) is 0 Å². The number of halogens is 13. The maximum atomic E-state index is 13.7. The standard InChI is InChI=1S/C13H7F13O2SSe/c1-6-2-4-7(5-3-6)29(27,28)30-13(25,26)11(20,21)9(16,17)8(14,15)10(18,19)12(22,23)24/h2-5H,1H3. The Hall–Kier alpha value is -1.22. The van der Waals surface area contributed by atoms with Gasteiger partial charge in [0.1, 0.15) is 0 Å². The molecule has 0 atom stereocenters. The van der Waals surface area contributed by atoms with E-state index in [4.69, 9.17) is 0 Å². The van der Waals surface area contributed by atoms with Crippen LogP contribution in [-0.4, -0.2) is 56.9 Å². The molecule has 0 spiro atoms. The van der Waals surface area contributed by atoms with Gasteiger partial charge in [0.2, 0.25) is 0 Å². The molecule has 1 rings (SSSR count). The molecule has 0 amide bonds. The molecule has 0 aliphatic carbocycles. The number of hydrogen-bond donors (Lipinski definition) is 0. The summed E-state index contributed by atoms with van der Waals surface area (Å²) in [6.45, 7) is 1.37. The van der Waals surface area contributed by atoms with Gasteiger partial charge in [-0.3, -0.25) is 0 Å². The molecule has 0 saturated carbocycles. The summed E-state index contributed by atoms with van der Waals surface area (Å²) in [5.41, 5.74) is 0.332. The average molecular weight is 553 g/mol. The maximum absolute atomic E-state index is 13.7. The van der Waals surface area contributed by atoms with Crippen LogP contribution in [0.1, 0.15) is 5.56 Å². The second-order valence-corrected chi connectivity index (χ2v) is 12.1. The Labute approximate surface area is 164 Å². The van der Waals surface area contributed by atoms with Crippen molar-refractivity contribution in [3.8, 4) is 0 Å². The van der Waals surface area contributed by atoms with Crippen molar-refractivity contribution < 1.29 is 65.5 Å². The molecule has 0 radical (unpaired) electrons. The Balaban J connectivity index is 3.47. The van der Waals surface area contributed by atoms with Gasteiger partial charge in [-0.1, -0.05) is 0 Å². The minimum atomic E-state index is -8.06. The molecule has 0 aromatic heterocycles. The summed E-state index contributed by atoms with van der Waals surface area (Å²) in [7, 11) is -5.54. The van der Waals surface area contributed by atoms with Crippen molar-refractivity contribution in [2.45, 2.75) is 46.5 Å². The molecule has 0 heterocycles. The van der Waals surface area contributed by atoms with E-state index in [0.29, 0.717) is 17.7 Å². The Morgan fingerprint density at radius 2 is 1.00 bits per heavy atom. The van der Waals surface area contributed by atoms with Crippen molar-refractivity contribution in [2.24, 2.45) is 0 Å². The fourth-order valence-corrected chi connectivity index (χ4v) is 6.61. The third kappa shape index (κ3) is 4.11. The second-order valence-electron chi connectivity index (χ2n) is 5.66. The van der Waals surface area contributed by atoms with Gasteiger partial charge in [0.25, 0.3) is 0 Å². The van der Waals surface area contributed by atoms with Crippen LogP contribution in [0.5, 0.6) is 0 Å². The zero-order valence-electron chi connectivity index (χ0n) is 13.9. The van der Waals surface area contributed by atoms with E-state index in [0.717, 1.165) is 12.1 Å².